The number of nitrogens with zero attached hydrogens (tertiary/aromatic N) is 3. The van der Waals surface area contributed by atoms with Gasteiger partial charge in [-0.05, 0) is 31.5 Å². The van der Waals surface area contributed by atoms with Crippen LogP contribution >= 0.6 is 0 Å². The lowest BCUT2D eigenvalue weighted by molar-refractivity contribution is -0.124. The molecule has 1 atom stereocenters. The predicted molar refractivity (Wildman–Crippen MR) is 83.4 cm³/mol. The van der Waals surface area contributed by atoms with Gasteiger partial charge in [-0.2, -0.15) is 0 Å². The number of amides is 2. The molecule has 1 saturated heterocycles. The highest BCUT2D eigenvalue weighted by atomic mass is 16.2. The molecule has 0 spiro atoms. The number of benzene rings is 1. The van der Waals surface area contributed by atoms with Crippen molar-refractivity contribution < 1.29 is 9.59 Å². The molecular weight excluding hydrogens is 280 g/mol. The van der Waals surface area contributed by atoms with E-state index < -0.39 is 0 Å². The number of hydrogen-bond donors (Lipinski definition) is 1. The summed E-state index contributed by atoms with van der Waals surface area (Å²) in [5.74, 6) is -0.0835. The topological polar surface area (TPSA) is 67.2 Å². The van der Waals surface area contributed by atoms with Crippen molar-refractivity contribution in [3.05, 3.63) is 30.1 Å². The summed E-state index contributed by atoms with van der Waals surface area (Å²) in [5, 5.41) is 2.82. The summed E-state index contributed by atoms with van der Waals surface area (Å²) in [5.41, 5.74) is 2.44. The van der Waals surface area contributed by atoms with E-state index in [0.717, 1.165) is 17.5 Å². The minimum Gasteiger partial charge on any atom is -0.356 e. The van der Waals surface area contributed by atoms with Gasteiger partial charge in [0.2, 0.25) is 5.91 Å². The van der Waals surface area contributed by atoms with Gasteiger partial charge in [-0.3, -0.25) is 9.59 Å². The van der Waals surface area contributed by atoms with Crippen molar-refractivity contribution in [1.29, 1.82) is 0 Å². The van der Waals surface area contributed by atoms with E-state index in [4.69, 9.17) is 0 Å². The van der Waals surface area contributed by atoms with Gasteiger partial charge in [-0.1, -0.05) is 0 Å². The summed E-state index contributed by atoms with van der Waals surface area (Å²) < 4.78 is 1.92. The van der Waals surface area contributed by atoms with E-state index in [9.17, 15) is 9.59 Å². The average molecular weight is 300 g/mol. The molecule has 2 aromatic rings. The molecule has 0 radical (unpaired) electrons. The third kappa shape index (κ3) is 2.56. The third-order valence-corrected chi connectivity index (χ3v) is 4.17. The van der Waals surface area contributed by atoms with Crippen molar-refractivity contribution in [3.8, 4) is 0 Å². The van der Waals surface area contributed by atoms with Crippen molar-refractivity contribution in [2.24, 2.45) is 13.0 Å². The zero-order valence-electron chi connectivity index (χ0n) is 12.9. The highest BCUT2D eigenvalue weighted by molar-refractivity contribution is 5.98. The van der Waals surface area contributed by atoms with E-state index in [1.54, 1.807) is 11.2 Å². The van der Waals surface area contributed by atoms with Gasteiger partial charge in [-0.25, -0.2) is 4.98 Å². The van der Waals surface area contributed by atoms with Crippen LogP contribution in [0.25, 0.3) is 11.0 Å². The highest BCUT2D eigenvalue weighted by Crippen LogP contribution is 2.21. The molecule has 1 N–H and O–H groups in total. The SMILES string of the molecule is CCNC(=O)[C@H]1CCN(C(=O)c2ccc3c(c2)ncn3C)C1. The summed E-state index contributed by atoms with van der Waals surface area (Å²) in [6.07, 6.45) is 2.46. The van der Waals surface area contributed by atoms with E-state index in [1.807, 2.05) is 36.7 Å². The van der Waals surface area contributed by atoms with Gasteiger partial charge in [0.25, 0.3) is 5.91 Å². The molecule has 0 unspecified atom stereocenters. The molecule has 6 nitrogen and oxygen atoms in total. The number of aromatic nitrogens is 2. The van der Waals surface area contributed by atoms with Crippen LogP contribution in [0.15, 0.2) is 24.5 Å². The molecule has 1 fully saturated rings. The molecule has 1 aliphatic rings. The molecule has 3 rings (SSSR count). The molecule has 1 aliphatic heterocycles. The zero-order chi connectivity index (χ0) is 15.7. The first-order valence-electron chi connectivity index (χ1n) is 7.58. The van der Waals surface area contributed by atoms with Crippen LogP contribution < -0.4 is 5.32 Å². The number of carbonyl (C=O) groups is 2. The van der Waals surface area contributed by atoms with Gasteiger partial charge in [-0.15, -0.1) is 0 Å². The molecule has 1 aromatic carbocycles. The average Bonchev–Trinajstić information content (AvgIpc) is 3.14. The lowest BCUT2D eigenvalue weighted by Crippen LogP contribution is -2.34. The van der Waals surface area contributed by atoms with Crippen molar-refractivity contribution in [2.75, 3.05) is 19.6 Å². The maximum absolute atomic E-state index is 12.6. The van der Waals surface area contributed by atoms with Gasteiger partial charge in [0, 0.05) is 32.2 Å². The van der Waals surface area contributed by atoms with Crippen LogP contribution in [0.3, 0.4) is 0 Å². The van der Waals surface area contributed by atoms with E-state index in [0.29, 0.717) is 25.2 Å². The number of nitrogens with one attached hydrogen (secondary N) is 1. The maximum Gasteiger partial charge on any atom is 0.253 e. The molecule has 0 aliphatic carbocycles. The van der Waals surface area contributed by atoms with E-state index in [1.165, 1.54) is 0 Å². The molecule has 116 valence electrons. The first kappa shape index (κ1) is 14.6. The van der Waals surface area contributed by atoms with Gasteiger partial charge < -0.3 is 14.8 Å². The molecule has 2 heterocycles. The van der Waals surface area contributed by atoms with E-state index in [-0.39, 0.29) is 17.7 Å². The predicted octanol–water partition coefficient (Wildman–Crippen LogP) is 1.17. The maximum atomic E-state index is 12.6. The second-order valence-corrected chi connectivity index (χ2v) is 5.69. The second kappa shape index (κ2) is 5.79. The lowest BCUT2D eigenvalue weighted by Gasteiger charge is -2.16. The Kier molecular flexibility index (Phi) is 3.83. The van der Waals surface area contributed by atoms with Crippen LogP contribution in [-0.2, 0) is 11.8 Å². The third-order valence-electron chi connectivity index (χ3n) is 4.17. The summed E-state index contributed by atoms with van der Waals surface area (Å²) in [6, 6.07) is 5.55. The Morgan fingerprint density at radius 1 is 1.41 bits per heavy atom. The van der Waals surface area contributed by atoms with Gasteiger partial charge in [0.15, 0.2) is 0 Å². The van der Waals surface area contributed by atoms with Crippen molar-refractivity contribution in [1.82, 2.24) is 19.8 Å². The molecule has 1 aromatic heterocycles. The van der Waals surface area contributed by atoms with Crippen LogP contribution in [0.4, 0.5) is 0 Å². The first-order valence-corrected chi connectivity index (χ1v) is 7.58. The first-order chi connectivity index (χ1) is 10.6. The summed E-state index contributed by atoms with van der Waals surface area (Å²) in [7, 11) is 1.92. The Morgan fingerprint density at radius 2 is 2.23 bits per heavy atom. The minimum absolute atomic E-state index is 0.0284. The van der Waals surface area contributed by atoms with Crippen LogP contribution in [0.2, 0.25) is 0 Å². The van der Waals surface area contributed by atoms with E-state index in [2.05, 4.69) is 10.3 Å². The zero-order valence-corrected chi connectivity index (χ0v) is 12.9. The molecule has 22 heavy (non-hydrogen) atoms. The fourth-order valence-corrected chi connectivity index (χ4v) is 2.93. The fourth-order valence-electron chi connectivity index (χ4n) is 2.93. The summed E-state index contributed by atoms with van der Waals surface area (Å²) >= 11 is 0. The Bertz CT molecular complexity index is 722. The largest absolute Gasteiger partial charge is 0.356 e. The van der Waals surface area contributed by atoms with Gasteiger partial charge >= 0.3 is 0 Å². The van der Waals surface area contributed by atoms with Crippen molar-refractivity contribution in [3.63, 3.8) is 0 Å². The Balaban J connectivity index is 1.74. The molecule has 0 bridgehead atoms. The van der Waals surface area contributed by atoms with Crippen LogP contribution in [0, 0.1) is 5.92 Å². The van der Waals surface area contributed by atoms with Crippen LogP contribution in [0.1, 0.15) is 23.7 Å². The fraction of sp³-hybridized carbons (Fsp3) is 0.438. The quantitative estimate of drug-likeness (QED) is 0.925. The highest BCUT2D eigenvalue weighted by Gasteiger charge is 2.31. The Labute approximate surface area is 129 Å². The number of carbonyl (C=O) groups excluding carboxylic acids is 2. The number of likely N-dealkylation sites (tertiary alicyclic amines) is 1. The van der Waals surface area contributed by atoms with Crippen LogP contribution in [-0.4, -0.2) is 45.9 Å². The van der Waals surface area contributed by atoms with Gasteiger partial charge in [0.1, 0.15) is 0 Å². The number of imidazole rings is 1. The minimum atomic E-state index is -0.0949. The molecule has 0 saturated carbocycles. The summed E-state index contributed by atoms with van der Waals surface area (Å²) in [6.45, 7) is 3.64. The van der Waals surface area contributed by atoms with Crippen LogP contribution in [0.5, 0.6) is 0 Å². The lowest BCUT2D eigenvalue weighted by atomic mass is 10.1. The standard InChI is InChI=1S/C16H20N4O2/c1-3-17-15(21)12-6-7-20(9-12)16(22)11-4-5-14-13(8-11)18-10-19(14)2/h4-5,8,10,12H,3,6-7,9H2,1-2H3,(H,17,21)/t12-/m0/s1. The van der Waals surface area contributed by atoms with Crippen molar-refractivity contribution >= 4 is 22.8 Å². The molecule has 2 amide bonds. The van der Waals surface area contributed by atoms with Crippen molar-refractivity contribution in [2.45, 2.75) is 13.3 Å². The molecule has 6 heteroatoms. The smallest absolute Gasteiger partial charge is 0.253 e. The second-order valence-electron chi connectivity index (χ2n) is 5.69. The Morgan fingerprint density at radius 3 is 3.00 bits per heavy atom. The monoisotopic (exact) mass is 300 g/mol. The number of aryl methyl sites for hydroxylation is 1. The normalized spacial score (nSPS) is 17.9. The number of fused-ring (bicyclic) bond motifs is 1. The van der Waals surface area contributed by atoms with Gasteiger partial charge in [0.05, 0.1) is 23.3 Å². The Hall–Kier alpha value is -2.37. The number of rotatable bonds is 3. The van der Waals surface area contributed by atoms with E-state index >= 15 is 0 Å². The number of hydrogen-bond acceptors (Lipinski definition) is 3. The molecular formula is C16H20N4O2. The summed E-state index contributed by atoms with van der Waals surface area (Å²) in [4.78, 5) is 30.5.